The molecule has 2 aromatic rings. The Morgan fingerprint density at radius 1 is 1.24 bits per heavy atom. The van der Waals surface area contributed by atoms with E-state index in [0.29, 0.717) is 11.6 Å². The summed E-state index contributed by atoms with van der Waals surface area (Å²) in [7, 11) is 1.67. The summed E-state index contributed by atoms with van der Waals surface area (Å²) in [4.78, 5) is 18.6. The topological polar surface area (TPSA) is 68.8 Å². The van der Waals surface area contributed by atoms with Gasteiger partial charge in [0.05, 0.1) is 6.54 Å². The minimum Gasteiger partial charge on any atom is -0.369 e. The highest BCUT2D eigenvalue weighted by Crippen LogP contribution is 2.20. The minimum atomic E-state index is -0.386. The van der Waals surface area contributed by atoms with Crippen LogP contribution in [0, 0.1) is 12.7 Å². The molecule has 0 aromatic heterocycles. The maximum Gasteiger partial charge on any atom is 0.243 e. The average Bonchev–Trinajstić information content (AvgIpc) is 3.14. The van der Waals surface area contributed by atoms with Crippen molar-refractivity contribution in [3.63, 3.8) is 0 Å². The molecule has 0 spiro atoms. The van der Waals surface area contributed by atoms with Gasteiger partial charge in [-0.05, 0) is 43.7 Å². The Morgan fingerprint density at radius 2 is 2.00 bits per heavy atom. The molecule has 6 nitrogen and oxygen atoms in total. The summed E-state index contributed by atoms with van der Waals surface area (Å²) in [6.45, 7) is 3.97. The molecule has 0 aliphatic carbocycles. The molecule has 1 saturated heterocycles. The molecule has 1 unspecified atom stereocenters. The van der Waals surface area contributed by atoms with Crippen molar-refractivity contribution in [2.24, 2.45) is 4.99 Å². The Balaban J connectivity index is 0.00000300. The normalized spacial score (nSPS) is 16.2. The summed E-state index contributed by atoms with van der Waals surface area (Å²) in [5, 5.41) is 9.03. The van der Waals surface area contributed by atoms with E-state index in [1.165, 1.54) is 23.4 Å². The van der Waals surface area contributed by atoms with Crippen molar-refractivity contribution in [2.75, 3.05) is 36.9 Å². The smallest absolute Gasteiger partial charge is 0.243 e. The van der Waals surface area contributed by atoms with Gasteiger partial charge in [0.15, 0.2) is 5.96 Å². The molecular formula is C21H27FIN5O. The lowest BCUT2D eigenvalue weighted by Gasteiger charge is -2.20. The van der Waals surface area contributed by atoms with Gasteiger partial charge in [-0.3, -0.25) is 9.79 Å². The molecule has 3 rings (SSSR count). The second-order valence-corrected chi connectivity index (χ2v) is 6.90. The molecule has 1 aliphatic rings. The van der Waals surface area contributed by atoms with Crippen molar-refractivity contribution in [2.45, 2.75) is 19.4 Å². The largest absolute Gasteiger partial charge is 0.369 e. The van der Waals surface area contributed by atoms with Crippen LogP contribution in [0.5, 0.6) is 0 Å². The summed E-state index contributed by atoms with van der Waals surface area (Å²) < 4.78 is 13.2. The number of hydrogen-bond donors (Lipinski definition) is 3. The van der Waals surface area contributed by atoms with Gasteiger partial charge >= 0.3 is 0 Å². The lowest BCUT2D eigenvalue weighted by atomic mass is 10.2. The third kappa shape index (κ3) is 6.88. The van der Waals surface area contributed by atoms with Crippen molar-refractivity contribution in [1.29, 1.82) is 0 Å². The van der Waals surface area contributed by atoms with E-state index < -0.39 is 0 Å². The highest BCUT2D eigenvalue weighted by Gasteiger charge is 2.23. The highest BCUT2D eigenvalue weighted by atomic mass is 127. The summed E-state index contributed by atoms with van der Waals surface area (Å²) in [6.07, 6.45) is 0.990. The molecule has 0 radical (unpaired) electrons. The number of aryl methyl sites for hydroxylation is 1. The van der Waals surface area contributed by atoms with Crippen LogP contribution in [0.1, 0.15) is 12.0 Å². The Hall–Kier alpha value is -2.36. The van der Waals surface area contributed by atoms with Gasteiger partial charge in [0, 0.05) is 37.6 Å². The van der Waals surface area contributed by atoms with Crippen LogP contribution in [-0.4, -0.2) is 44.6 Å². The van der Waals surface area contributed by atoms with Gasteiger partial charge in [0.1, 0.15) is 5.82 Å². The number of nitrogens with zero attached hydrogens (tertiary/aromatic N) is 2. The van der Waals surface area contributed by atoms with Crippen molar-refractivity contribution < 1.29 is 9.18 Å². The first kappa shape index (κ1) is 22.9. The molecule has 0 saturated carbocycles. The molecule has 0 bridgehead atoms. The maximum absolute atomic E-state index is 13.2. The number of rotatable bonds is 5. The fraction of sp³-hybridized carbons (Fsp3) is 0.333. The summed E-state index contributed by atoms with van der Waals surface area (Å²) in [5.41, 5.74) is 2.89. The Labute approximate surface area is 188 Å². The van der Waals surface area contributed by atoms with Gasteiger partial charge in [-0.1, -0.05) is 23.8 Å². The number of benzene rings is 2. The van der Waals surface area contributed by atoms with E-state index in [4.69, 9.17) is 0 Å². The van der Waals surface area contributed by atoms with Crippen LogP contribution in [0.3, 0.4) is 0 Å². The zero-order valence-corrected chi connectivity index (χ0v) is 18.9. The molecule has 1 amide bonds. The van der Waals surface area contributed by atoms with Gasteiger partial charge in [-0.25, -0.2) is 4.39 Å². The minimum absolute atomic E-state index is 0. The quantitative estimate of drug-likeness (QED) is 0.328. The van der Waals surface area contributed by atoms with Gasteiger partial charge in [0.2, 0.25) is 5.91 Å². The lowest BCUT2D eigenvalue weighted by molar-refractivity contribution is -0.115. The molecular weight excluding hydrogens is 484 g/mol. The van der Waals surface area contributed by atoms with Gasteiger partial charge in [-0.15, -0.1) is 24.0 Å². The zero-order valence-electron chi connectivity index (χ0n) is 16.6. The second kappa shape index (κ2) is 11.0. The van der Waals surface area contributed by atoms with Gasteiger partial charge in [0.25, 0.3) is 0 Å². The first-order chi connectivity index (χ1) is 13.5. The second-order valence-electron chi connectivity index (χ2n) is 6.90. The van der Waals surface area contributed by atoms with Crippen molar-refractivity contribution in [1.82, 2.24) is 10.6 Å². The standard InChI is InChI=1S/C21H26FN5O.HI/c1-15-6-8-19(9-7-15)27-11-10-18(14-27)26-21(23-2)24-13-20(28)25-17-5-3-4-16(22)12-17;/h3-9,12,18H,10-11,13-14H2,1-2H3,(H,25,28)(H2,23,24,26);1H. The van der Waals surface area contributed by atoms with E-state index in [0.717, 1.165) is 19.5 Å². The molecule has 1 heterocycles. The van der Waals surface area contributed by atoms with Gasteiger partial charge in [-0.2, -0.15) is 0 Å². The third-order valence-corrected chi connectivity index (χ3v) is 4.68. The van der Waals surface area contributed by atoms with Crippen molar-refractivity contribution in [3.8, 4) is 0 Å². The number of amides is 1. The Kier molecular flexibility index (Phi) is 8.69. The monoisotopic (exact) mass is 511 g/mol. The molecule has 1 aliphatic heterocycles. The number of halogens is 2. The Bertz CT molecular complexity index is 843. The van der Waals surface area contributed by atoms with E-state index in [1.54, 1.807) is 19.2 Å². The van der Waals surface area contributed by atoms with E-state index in [2.05, 4.69) is 57.0 Å². The molecule has 3 N–H and O–H groups in total. The van der Waals surface area contributed by atoms with Crippen LogP contribution in [0.25, 0.3) is 0 Å². The van der Waals surface area contributed by atoms with Crippen LogP contribution in [0.4, 0.5) is 15.8 Å². The van der Waals surface area contributed by atoms with Gasteiger partial charge < -0.3 is 20.9 Å². The summed E-state index contributed by atoms with van der Waals surface area (Å²) in [6, 6.07) is 14.6. The number of anilines is 2. The molecule has 1 atom stereocenters. The average molecular weight is 511 g/mol. The van der Waals surface area contributed by atoms with E-state index in [1.807, 2.05) is 0 Å². The van der Waals surface area contributed by atoms with Crippen molar-refractivity contribution >= 4 is 47.2 Å². The lowest BCUT2D eigenvalue weighted by Crippen LogP contribution is -2.46. The number of carbonyl (C=O) groups excluding carboxylic acids is 1. The fourth-order valence-corrected chi connectivity index (χ4v) is 3.19. The zero-order chi connectivity index (χ0) is 19.9. The third-order valence-electron chi connectivity index (χ3n) is 4.68. The Morgan fingerprint density at radius 3 is 2.69 bits per heavy atom. The highest BCUT2D eigenvalue weighted by molar-refractivity contribution is 14.0. The first-order valence-corrected chi connectivity index (χ1v) is 9.38. The molecule has 8 heteroatoms. The SMILES string of the molecule is CN=C(NCC(=O)Nc1cccc(F)c1)NC1CCN(c2ccc(C)cc2)C1.I. The van der Waals surface area contributed by atoms with Crippen LogP contribution < -0.4 is 20.9 Å². The van der Waals surface area contributed by atoms with E-state index in [9.17, 15) is 9.18 Å². The predicted molar refractivity (Wildman–Crippen MR) is 127 cm³/mol. The predicted octanol–water partition coefficient (Wildman–Crippen LogP) is 3.13. The van der Waals surface area contributed by atoms with E-state index in [-0.39, 0.29) is 48.3 Å². The molecule has 29 heavy (non-hydrogen) atoms. The molecule has 1 fully saturated rings. The molecule has 156 valence electrons. The van der Waals surface area contributed by atoms with Crippen LogP contribution in [-0.2, 0) is 4.79 Å². The van der Waals surface area contributed by atoms with Crippen LogP contribution in [0.2, 0.25) is 0 Å². The van der Waals surface area contributed by atoms with Crippen molar-refractivity contribution in [3.05, 3.63) is 59.9 Å². The van der Waals surface area contributed by atoms with Crippen LogP contribution >= 0.6 is 24.0 Å². The number of hydrogen-bond acceptors (Lipinski definition) is 3. The number of aliphatic imine (C=N–C) groups is 1. The number of nitrogens with one attached hydrogen (secondary N) is 3. The maximum atomic E-state index is 13.2. The fourth-order valence-electron chi connectivity index (χ4n) is 3.19. The molecule has 2 aromatic carbocycles. The number of carbonyl (C=O) groups is 1. The summed E-state index contributed by atoms with van der Waals surface area (Å²) >= 11 is 0. The number of guanidine groups is 1. The first-order valence-electron chi connectivity index (χ1n) is 9.38. The summed E-state index contributed by atoms with van der Waals surface area (Å²) in [5.74, 6) is -0.0750. The van der Waals surface area contributed by atoms with E-state index >= 15 is 0 Å². The van der Waals surface area contributed by atoms with Crippen LogP contribution in [0.15, 0.2) is 53.5 Å².